The summed E-state index contributed by atoms with van der Waals surface area (Å²) in [5.74, 6) is -0.232. The van der Waals surface area contributed by atoms with E-state index in [0.717, 1.165) is 16.5 Å². The molecule has 0 aliphatic carbocycles. The maximum absolute atomic E-state index is 12.9. The molecule has 1 aromatic rings. The van der Waals surface area contributed by atoms with E-state index in [1.54, 1.807) is 0 Å². The molecular weight excluding hydrogens is 254 g/mol. The van der Waals surface area contributed by atoms with Crippen molar-refractivity contribution in [2.45, 2.75) is 12.8 Å². The van der Waals surface area contributed by atoms with Crippen molar-refractivity contribution in [2.75, 3.05) is 0 Å². The summed E-state index contributed by atoms with van der Waals surface area (Å²) >= 11 is 8.83. The Morgan fingerprint density at radius 1 is 1.46 bits per heavy atom. The predicted octanol–water partition coefficient (Wildman–Crippen LogP) is 4.27. The summed E-state index contributed by atoms with van der Waals surface area (Å²) < 4.78 is 13.6. The lowest BCUT2D eigenvalue weighted by Crippen LogP contribution is -1.87. The highest BCUT2D eigenvalue weighted by atomic mass is 79.9. The van der Waals surface area contributed by atoms with E-state index in [1.165, 1.54) is 12.1 Å². The Morgan fingerprint density at radius 2 is 2.15 bits per heavy atom. The van der Waals surface area contributed by atoms with Crippen LogP contribution in [0.3, 0.4) is 0 Å². The number of hydrogen-bond donors (Lipinski definition) is 0. The molecule has 70 valence electrons. The molecule has 13 heavy (non-hydrogen) atoms. The third kappa shape index (κ3) is 3.92. The van der Waals surface area contributed by atoms with E-state index in [4.69, 9.17) is 11.6 Å². The van der Waals surface area contributed by atoms with E-state index in [-0.39, 0.29) is 5.82 Å². The van der Waals surface area contributed by atoms with Crippen LogP contribution in [0.25, 0.3) is 0 Å². The molecule has 0 atom stereocenters. The normalized spacial score (nSPS) is 10.1. The number of halogens is 3. The van der Waals surface area contributed by atoms with E-state index >= 15 is 0 Å². The number of hydrogen-bond acceptors (Lipinski definition) is 0. The summed E-state index contributed by atoms with van der Waals surface area (Å²) in [4.78, 5) is 0. The molecule has 0 bridgehead atoms. The first-order valence-electron chi connectivity index (χ1n) is 3.86. The van der Waals surface area contributed by atoms with Crippen LogP contribution in [-0.2, 0) is 6.42 Å². The number of allylic oxidation sites excluding steroid dienone is 1. The van der Waals surface area contributed by atoms with E-state index in [0.29, 0.717) is 11.5 Å². The minimum absolute atomic E-state index is 0.232. The zero-order valence-electron chi connectivity index (χ0n) is 6.99. The first-order valence-corrected chi connectivity index (χ1v) is 5.03. The molecule has 0 radical (unpaired) electrons. The van der Waals surface area contributed by atoms with Crippen molar-refractivity contribution in [3.8, 4) is 0 Å². The Morgan fingerprint density at radius 3 is 2.69 bits per heavy atom. The Balaban J connectivity index is 2.71. The summed E-state index contributed by atoms with van der Waals surface area (Å²) in [5, 5.41) is 0.598. The van der Waals surface area contributed by atoms with Crippen LogP contribution < -0.4 is 0 Å². The lowest BCUT2D eigenvalue weighted by Gasteiger charge is -2.01. The zero-order valence-corrected chi connectivity index (χ0v) is 9.33. The molecule has 0 unspecified atom stereocenters. The summed E-state index contributed by atoms with van der Waals surface area (Å²) in [7, 11) is 0. The van der Waals surface area contributed by atoms with Crippen LogP contribution in [0.4, 0.5) is 4.39 Å². The third-order valence-electron chi connectivity index (χ3n) is 1.61. The maximum atomic E-state index is 12.9. The van der Waals surface area contributed by atoms with Gasteiger partial charge in [0.2, 0.25) is 0 Å². The summed E-state index contributed by atoms with van der Waals surface area (Å²) in [6, 6.07) is 4.81. The molecule has 0 saturated carbocycles. The fourth-order valence-corrected chi connectivity index (χ4v) is 1.64. The van der Waals surface area contributed by atoms with Gasteiger partial charge in [0, 0.05) is 9.51 Å². The monoisotopic (exact) mass is 262 g/mol. The molecule has 0 spiro atoms. The number of benzene rings is 1. The van der Waals surface area contributed by atoms with Crippen molar-refractivity contribution in [3.63, 3.8) is 0 Å². The first kappa shape index (κ1) is 10.7. The van der Waals surface area contributed by atoms with Crippen LogP contribution in [0, 0.1) is 5.82 Å². The van der Waals surface area contributed by atoms with E-state index < -0.39 is 0 Å². The van der Waals surface area contributed by atoms with Gasteiger partial charge in [-0.15, -0.1) is 0 Å². The molecule has 0 heterocycles. The summed E-state index contributed by atoms with van der Waals surface area (Å²) in [5.41, 5.74) is 0.925. The van der Waals surface area contributed by atoms with Crippen molar-refractivity contribution in [1.29, 1.82) is 0 Å². The molecule has 0 aromatic heterocycles. The highest BCUT2D eigenvalue weighted by molar-refractivity contribution is 9.10. The molecule has 0 N–H and O–H groups in total. The Hall–Kier alpha value is -0.340. The van der Waals surface area contributed by atoms with Crippen molar-refractivity contribution in [3.05, 3.63) is 45.7 Å². The molecule has 0 aliphatic rings. The van der Waals surface area contributed by atoms with Crippen LogP contribution in [0.5, 0.6) is 0 Å². The topological polar surface area (TPSA) is 0 Å². The van der Waals surface area contributed by atoms with E-state index in [9.17, 15) is 4.39 Å². The van der Waals surface area contributed by atoms with Gasteiger partial charge in [-0.25, -0.2) is 4.39 Å². The average Bonchev–Trinajstić information content (AvgIpc) is 1.99. The second-order valence-electron chi connectivity index (χ2n) is 2.79. The smallest absolute Gasteiger partial charge is 0.124 e. The lowest BCUT2D eigenvalue weighted by molar-refractivity contribution is 0.624. The van der Waals surface area contributed by atoms with Crippen LogP contribution in [0.1, 0.15) is 12.0 Å². The van der Waals surface area contributed by atoms with Gasteiger partial charge in [-0.05, 0) is 36.6 Å². The SMILES string of the molecule is C=C(Cl)CCc1cc(F)cc(Br)c1. The molecule has 0 saturated heterocycles. The van der Waals surface area contributed by atoms with Gasteiger partial charge >= 0.3 is 0 Å². The first-order chi connectivity index (χ1) is 6.08. The zero-order chi connectivity index (χ0) is 9.84. The molecule has 0 aliphatic heterocycles. The minimum Gasteiger partial charge on any atom is -0.207 e. The van der Waals surface area contributed by atoms with Crippen molar-refractivity contribution in [2.24, 2.45) is 0 Å². The second-order valence-corrected chi connectivity index (χ2v) is 4.25. The van der Waals surface area contributed by atoms with Crippen molar-refractivity contribution < 1.29 is 4.39 Å². The lowest BCUT2D eigenvalue weighted by atomic mass is 10.1. The molecule has 0 amide bonds. The standard InChI is InChI=1S/C10H9BrClF/c1-7(12)2-3-8-4-9(11)6-10(13)5-8/h4-6H,1-3H2. The largest absolute Gasteiger partial charge is 0.207 e. The van der Waals surface area contributed by atoms with Gasteiger partial charge in [-0.2, -0.15) is 0 Å². The quantitative estimate of drug-likeness (QED) is 0.764. The second kappa shape index (κ2) is 4.77. The van der Waals surface area contributed by atoms with Crippen molar-refractivity contribution in [1.82, 2.24) is 0 Å². The minimum atomic E-state index is -0.232. The highest BCUT2D eigenvalue weighted by Gasteiger charge is 1.99. The number of aryl methyl sites for hydroxylation is 1. The van der Waals surface area contributed by atoms with E-state index in [2.05, 4.69) is 22.5 Å². The van der Waals surface area contributed by atoms with Gasteiger partial charge in [0.1, 0.15) is 5.82 Å². The third-order valence-corrected chi connectivity index (χ3v) is 2.25. The Labute approximate surface area is 90.5 Å². The molecule has 1 rings (SSSR count). The average molecular weight is 264 g/mol. The maximum Gasteiger partial charge on any atom is 0.124 e. The molecular formula is C10H9BrClF. The van der Waals surface area contributed by atoms with Gasteiger partial charge in [0.15, 0.2) is 0 Å². The van der Waals surface area contributed by atoms with Crippen LogP contribution in [-0.4, -0.2) is 0 Å². The molecule has 3 heteroatoms. The van der Waals surface area contributed by atoms with Gasteiger partial charge < -0.3 is 0 Å². The van der Waals surface area contributed by atoms with Crippen molar-refractivity contribution >= 4 is 27.5 Å². The van der Waals surface area contributed by atoms with Gasteiger partial charge in [-0.3, -0.25) is 0 Å². The van der Waals surface area contributed by atoms with Crippen LogP contribution >= 0.6 is 27.5 Å². The fraction of sp³-hybridized carbons (Fsp3) is 0.200. The van der Waals surface area contributed by atoms with Crippen LogP contribution in [0.15, 0.2) is 34.3 Å². The van der Waals surface area contributed by atoms with Gasteiger partial charge in [0.25, 0.3) is 0 Å². The number of rotatable bonds is 3. The molecule has 1 aromatic carbocycles. The van der Waals surface area contributed by atoms with Crippen LogP contribution in [0.2, 0.25) is 0 Å². The Bertz CT molecular complexity index is 302. The van der Waals surface area contributed by atoms with Gasteiger partial charge in [0.05, 0.1) is 0 Å². The summed E-state index contributed by atoms with van der Waals surface area (Å²) in [6.07, 6.45) is 1.40. The Kier molecular flexibility index (Phi) is 3.94. The van der Waals surface area contributed by atoms with E-state index in [1.807, 2.05) is 6.07 Å². The fourth-order valence-electron chi connectivity index (χ4n) is 1.04. The summed E-state index contributed by atoms with van der Waals surface area (Å²) in [6.45, 7) is 3.58. The molecule has 0 nitrogen and oxygen atoms in total. The highest BCUT2D eigenvalue weighted by Crippen LogP contribution is 2.17. The predicted molar refractivity (Wildman–Crippen MR) is 57.4 cm³/mol. The van der Waals surface area contributed by atoms with Gasteiger partial charge in [-0.1, -0.05) is 34.1 Å². The molecule has 0 fully saturated rings.